The fraction of sp³-hybridized carbons (Fsp3) is 0.0625. The molecule has 2 aromatic carbocycles. The molecule has 1 aromatic heterocycles. The number of anilines is 1. The molecule has 22 heavy (non-hydrogen) atoms. The third kappa shape index (κ3) is 2.54. The minimum atomic E-state index is -0.630. The second-order valence-electron chi connectivity index (χ2n) is 4.60. The van der Waals surface area contributed by atoms with Gasteiger partial charge in [0.05, 0.1) is 18.2 Å². The normalized spacial score (nSPS) is 10.4. The van der Waals surface area contributed by atoms with Gasteiger partial charge < -0.3 is 9.72 Å². The highest BCUT2D eigenvalue weighted by atomic mass is 16.5. The van der Waals surface area contributed by atoms with Crippen LogP contribution in [0.4, 0.5) is 10.7 Å². The molecule has 0 bridgehead atoms. The quantitative estimate of drug-likeness (QED) is 0.727. The lowest BCUT2D eigenvalue weighted by molar-refractivity contribution is 0.104. The number of amides is 1. The highest BCUT2D eigenvalue weighted by Gasteiger charge is 2.16. The smallest absolute Gasteiger partial charge is 0.413 e. The lowest BCUT2D eigenvalue weighted by atomic mass is 10.0. The number of nitrogens with zero attached hydrogens (tertiary/aromatic N) is 1. The molecule has 0 fully saturated rings. The van der Waals surface area contributed by atoms with E-state index in [9.17, 15) is 9.59 Å². The molecule has 0 unspecified atom stereocenters. The van der Waals surface area contributed by atoms with E-state index in [4.69, 9.17) is 0 Å². The number of ether oxygens (including phenoxy) is 1. The summed E-state index contributed by atoms with van der Waals surface area (Å²) in [4.78, 5) is 31.0. The van der Waals surface area contributed by atoms with Gasteiger partial charge in [-0.2, -0.15) is 0 Å². The Morgan fingerprint density at radius 3 is 2.59 bits per heavy atom. The van der Waals surface area contributed by atoms with Crippen molar-refractivity contribution in [2.75, 3.05) is 12.4 Å². The second kappa shape index (κ2) is 5.69. The van der Waals surface area contributed by atoms with Crippen molar-refractivity contribution < 1.29 is 14.3 Å². The number of carbonyl (C=O) groups is 2. The van der Waals surface area contributed by atoms with Crippen molar-refractivity contribution >= 4 is 28.9 Å². The molecule has 3 aromatic rings. The summed E-state index contributed by atoms with van der Waals surface area (Å²) in [7, 11) is 1.27. The van der Waals surface area contributed by atoms with Crippen molar-refractivity contribution in [1.82, 2.24) is 9.97 Å². The Bertz CT molecular complexity index is 840. The Morgan fingerprint density at radius 2 is 1.86 bits per heavy atom. The minimum absolute atomic E-state index is 0.123. The van der Waals surface area contributed by atoms with Gasteiger partial charge in [0, 0.05) is 5.56 Å². The molecule has 1 heterocycles. The number of ketones is 1. The number of H-pyrrole nitrogens is 1. The van der Waals surface area contributed by atoms with Crippen LogP contribution < -0.4 is 5.32 Å². The molecule has 0 saturated heterocycles. The average molecular weight is 295 g/mol. The van der Waals surface area contributed by atoms with Crippen LogP contribution in [0.25, 0.3) is 11.0 Å². The van der Waals surface area contributed by atoms with E-state index in [-0.39, 0.29) is 11.7 Å². The molecule has 6 heteroatoms. The third-order valence-electron chi connectivity index (χ3n) is 3.20. The third-order valence-corrected chi connectivity index (χ3v) is 3.20. The van der Waals surface area contributed by atoms with E-state index in [1.165, 1.54) is 7.11 Å². The first-order valence-corrected chi connectivity index (χ1v) is 6.62. The summed E-state index contributed by atoms with van der Waals surface area (Å²) in [5.41, 5.74) is 2.22. The van der Waals surface area contributed by atoms with E-state index >= 15 is 0 Å². The number of rotatable bonds is 3. The number of methoxy groups -OCH3 is 1. The van der Waals surface area contributed by atoms with E-state index < -0.39 is 6.09 Å². The van der Waals surface area contributed by atoms with Crippen LogP contribution in [0.15, 0.2) is 48.5 Å². The second-order valence-corrected chi connectivity index (χ2v) is 4.60. The Kier molecular flexibility index (Phi) is 3.57. The molecule has 1 amide bonds. The first-order chi connectivity index (χ1) is 10.7. The van der Waals surface area contributed by atoms with Crippen LogP contribution in [-0.2, 0) is 4.74 Å². The lowest BCUT2D eigenvalue weighted by Gasteiger charge is -2.01. The van der Waals surface area contributed by atoms with E-state index in [1.54, 1.807) is 30.3 Å². The predicted molar refractivity (Wildman–Crippen MR) is 82.0 cm³/mol. The summed E-state index contributed by atoms with van der Waals surface area (Å²) in [5, 5.41) is 2.45. The summed E-state index contributed by atoms with van der Waals surface area (Å²) in [6.07, 6.45) is -0.630. The van der Waals surface area contributed by atoms with Crippen molar-refractivity contribution in [1.29, 1.82) is 0 Å². The van der Waals surface area contributed by atoms with Crippen molar-refractivity contribution in [2.24, 2.45) is 0 Å². The molecule has 0 radical (unpaired) electrons. The van der Waals surface area contributed by atoms with Crippen LogP contribution >= 0.6 is 0 Å². The van der Waals surface area contributed by atoms with Crippen molar-refractivity contribution in [3.63, 3.8) is 0 Å². The van der Waals surface area contributed by atoms with Crippen LogP contribution in [0.2, 0.25) is 0 Å². The van der Waals surface area contributed by atoms with E-state index in [1.807, 2.05) is 18.2 Å². The standard InChI is InChI=1S/C16H13N3O3/c1-22-16(21)19-15-17-12-9-5-8-11(13(12)18-15)14(20)10-6-3-2-4-7-10/h2-9H,1H3,(H2,17,18,19,21). The number of hydrogen-bond donors (Lipinski definition) is 2. The fourth-order valence-electron chi connectivity index (χ4n) is 2.17. The Hall–Kier alpha value is -3.15. The van der Waals surface area contributed by atoms with Crippen LogP contribution in [0.5, 0.6) is 0 Å². The van der Waals surface area contributed by atoms with Gasteiger partial charge in [-0.1, -0.05) is 36.4 Å². The number of carbonyl (C=O) groups excluding carboxylic acids is 2. The summed E-state index contributed by atoms with van der Waals surface area (Å²) in [5.74, 6) is 0.109. The summed E-state index contributed by atoms with van der Waals surface area (Å²) in [6, 6.07) is 14.2. The molecule has 0 aliphatic carbocycles. The molecule has 0 aliphatic heterocycles. The monoisotopic (exact) mass is 295 g/mol. The van der Waals surface area contributed by atoms with Gasteiger partial charge >= 0.3 is 6.09 Å². The van der Waals surface area contributed by atoms with Crippen molar-refractivity contribution in [3.05, 3.63) is 59.7 Å². The van der Waals surface area contributed by atoms with E-state index in [0.717, 1.165) is 0 Å². The lowest BCUT2D eigenvalue weighted by Crippen LogP contribution is -2.11. The van der Waals surface area contributed by atoms with Crippen molar-refractivity contribution in [2.45, 2.75) is 0 Å². The van der Waals surface area contributed by atoms with Gasteiger partial charge in [0.25, 0.3) is 0 Å². The zero-order chi connectivity index (χ0) is 15.5. The number of fused-ring (bicyclic) bond motifs is 1. The van der Waals surface area contributed by atoms with Crippen LogP contribution in [0, 0.1) is 0 Å². The first kappa shape index (κ1) is 13.8. The van der Waals surface area contributed by atoms with Gasteiger partial charge in [0.1, 0.15) is 5.52 Å². The topological polar surface area (TPSA) is 84.1 Å². The molecule has 2 N–H and O–H groups in total. The van der Waals surface area contributed by atoms with Crippen LogP contribution in [-0.4, -0.2) is 29.0 Å². The highest BCUT2D eigenvalue weighted by Crippen LogP contribution is 2.21. The maximum atomic E-state index is 12.6. The maximum absolute atomic E-state index is 12.6. The van der Waals surface area contributed by atoms with Crippen LogP contribution in [0.3, 0.4) is 0 Å². The molecule has 0 spiro atoms. The van der Waals surface area contributed by atoms with E-state index in [2.05, 4.69) is 20.0 Å². The molecule has 3 rings (SSSR count). The van der Waals surface area contributed by atoms with E-state index in [0.29, 0.717) is 22.2 Å². The molecule has 6 nitrogen and oxygen atoms in total. The number of hydrogen-bond acceptors (Lipinski definition) is 4. The number of aromatic nitrogens is 2. The minimum Gasteiger partial charge on any atom is -0.453 e. The number of para-hydroxylation sites is 1. The zero-order valence-electron chi connectivity index (χ0n) is 11.8. The van der Waals surface area contributed by atoms with Crippen molar-refractivity contribution in [3.8, 4) is 0 Å². The van der Waals surface area contributed by atoms with Gasteiger partial charge in [-0.3, -0.25) is 10.1 Å². The largest absolute Gasteiger partial charge is 0.453 e. The number of aromatic amines is 1. The number of imidazole rings is 1. The zero-order valence-corrected chi connectivity index (χ0v) is 11.8. The fourth-order valence-corrected chi connectivity index (χ4v) is 2.17. The molecule has 0 aliphatic rings. The van der Waals surface area contributed by atoms with Gasteiger partial charge in [-0.25, -0.2) is 9.78 Å². The van der Waals surface area contributed by atoms with Gasteiger partial charge in [-0.05, 0) is 12.1 Å². The SMILES string of the molecule is COC(=O)Nc1nc2c(C(=O)c3ccccc3)cccc2[nH]1. The molecule has 110 valence electrons. The van der Waals surface area contributed by atoms with Crippen LogP contribution in [0.1, 0.15) is 15.9 Å². The number of nitrogens with one attached hydrogen (secondary N) is 2. The molecule has 0 atom stereocenters. The maximum Gasteiger partial charge on any atom is 0.413 e. The summed E-state index contributed by atoms with van der Waals surface area (Å²) in [6.45, 7) is 0. The highest BCUT2D eigenvalue weighted by molar-refractivity contribution is 6.15. The molecular weight excluding hydrogens is 282 g/mol. The number of benzene rings is 2. The summed E-state index contributed by atoms with van der Waals surface area (Å²) < 4.78 is 4.52. The average Bonchev–Trinajstić information content (AvgIpc) is 2.97. The Balaban J connectivity index is 2.03. The van der Waals surface area contributed by atoms with Gasteiger partial charge in [-0.15, -0.1) is 0 Å². The molecule has 0 saturated carbocycles. The summed E-state index contributed by atoms with van der Waals surface area (Å²) >= 11 is 0. The Labute approximate surface area is 126 Å². The van der Waals surface area contributed by atoms with Gasteiger partial charge in [0.15, 0.2) is 5.78 Å². The Morgan fingerprint density at radius 1 is 1.09 bits per heavy atom. The molecular formula is C16H13N3O3. The predicted octanol–water partition coefficient (Wildman–Crippen LogP) is 2.97. The van der Waals surface area contributed by atoms with Gasteiger partial charge in [0.2, 0.25) is 5.95 Å². The first-order valence-electron chi connectivity index (χ1n) is 6.62.